The molecule has 0 bridgehead atoms. The molecule has 2 aliphatic heterocycles. The second-order valence-corrected chi connectivity index (χ2v) is 14.9. The number of nitrogens with zero attached hydrogens (tertiary/aromatic N) is 1. The summed E-state index contributed by atoms with van der Waals surface area (Å²) in [4.78, 5) is 40.4. The Morgan fingerprint density at radius 2 is 1.90 bits per heavy atom. The number of nitrogens with one attached hydrogen (secondary N) is 1. The quantitative estimate of drug-likeness (QED) is 0.127. The number of ether oxygens (including phenoxy) is 2. The van der Waals surface area contributed by atoms with Crippen LogP contribution in [0.25, 0.3) is 0 Å². The minimum atomic E-state index is -3.33. The van der Waals surface area contributed by atoms with Gasteiger partial charge in [0.2, 0.25) is 8.41 Å². The molecule has 1 fully saturated rings. The number of carbonyl (C=O) groups is 3. The van der Waals surface area contributed by atoms with Crippen molar-refractivity contribution in [1.29, 1.82) is 0 Å². The summed E-state index contributed by atoms with van der Waals surface area (Å²) in [6.45, 7) is 5.20. The Balaban J connectivity index is 1.71. The first-order valence-corrected chi connectivity index (χ1v) is 16.6. The number of aliphatic hydroxyl groups excluding tert-OH is 1. The van der Waals surface area contributed by atoms with E-state index in [1.807, 2.05) is 6.92 Å². The summed E-state index contributed by atoms with van der Waals surface area (Å²) in [5.41, 5.74) is 6.38. The maximum Gasteiger partial charge on any atom is 0.305 e. The van der Waals surface area contributed by atoms with Gasteiger partial charge in [0, 0.05) is 53.5 Å². The molecule has 4 N–H and O–H groups in total. The van der Waals surface area contributed by atoms with E-state index >= 15 is 4.11 Å². The number of benzene rings is 2. The first-order chi connectivity index (χ1) is 18.9. The molecule has 2 amide bonds. The monoisotopic (exact) mass is 571 g/mol. The lowest BCUT2D eigenvalue weighted by Gasteiger charge is -2.31. The lowest BCUT2D eigenvalue weighted by Crippen LogP contribution is -2.45. The minimum Gasteiger partial charge on any atom is -0.469 e. The van der Waals surface area contributed by atoms with Gasteiger partial charge in [-0.1, -0.05) is 6.92 Å². The van der Waals surface area contributed by atoms with Gasteiger partial charge in [-0.15, -0.1) is 0 Å². The van der Waals surface area contributed by atoms with Crippen molar-refractivity contribution in [3.05, 3.63) is 53.6 Å². The molecule has 11 heteroatoms. The Morgan fingerprint density at radius 1 is 1.20 bits per heavy atom. The molecule has 2 aliphatic rings. The van der Waals surface area contributed by atoms with Crippen LogP contribution in [0, 0.1) is 5.92 Å². The van der Waals surface area contributed by atoms with Gasteiger partial charge in [-0.05, 0) is 74.8 Å². The van der Waals surface area contributed by atoms with Crippen molar-refractivity contribution >= 4 is 43.3 Å². The number of methoxy groups -OCH3 is 1. The van der Waals surface area contributed by atoms with Gasteiger partial charge in [-0.25, -0.2) is 0 Å². The Labute approximate surface area is 235 Å². The van der Waals surface area contributed by atoms with Gasteiger partial charge in [0.1, 0.15) is 0 Å². The highest BCUT2D eigenvalue weighted by Crippen LogP contribution is 2.60. The highest BCUT2D eigenvalue weighted by atomic mass is 28.4. The normalized spacial score (nSPS) is 23.9. The number of amides is 2. The molecule has 4 rings (SSSR count). The number of nitrogen functional groups attached to an aromatic ring is 1. The molecule has 0 radical (unpaired) electrons. The fraction of sp³-hybridized carbons (Fsp3) is 0.483. The largest absolute Gasteiger partial charge is 0.469 e. The summed E-state index contributed by atoms with van der Waals surface area (Å²) in [6.07, 6.45) is 0.905. The summed E-state index contributed by atoms with van der Waals surface area (Å²) in [7, 11) is -1.99. The number of fused-ring (bicyclic) bond motifs is 2. The molecule has 216 valence electrons. The van der Waals surface area contributed by atoms with E-state index in [2.05, 4.69) is 5.32 Å². The van der Waals surface area contributed by atoms with Crippen molar-refractivity contribution in [2.75, 3.05) is 36.2 Å². The second-order valence-electron chi connectivity index (χ2n) is 11.1. The number of anilines is 3. The number of nitrogens with two attached hydrogens (primary N) is 1. The smallest absolute Gasteiger partial charge is 0.305 e. The molecule has 0 saturated carbocycles. The number of unbranched alkanes of at least 4 members (excludes halogenated alkanes) is 1. The van der Waals surface area contributed by atoms with Gasteiger partial charge in [-0.3, -0.25) is 14.4 Å². The Hall–Kier alpha value is -3.28. The number of hydrogen-bond acceptors (Lipinski definition) is 7. The van der Waals surface area contributed by atoms with E-state index in [4.69, 9.17) is 15.2 Å². The molecule has 40 heavy (non-hydrogen) atoms. The van der Waals surface area contributed by atoms with E-state index in [1.165, 1.54) is 7.11 Å². The number of hydrogen-bond donors (Lipinski definition) is 3. The molecule has 0 aliphatic carbocycles. The van der Waals surface area contributed by atoms with Gasteiger partial charge in [-0.2, -0.15) is 0 Å². The maximum absolute atomic E-state index is 15.7. The van der Waals surface area contributed by atoms with Crippen LogP contribution in [0.1, 0.15) is 48.5 Å². The number of esters is 1. The van der Waals surface area contributed by atoms with Crippen LogP contribution in [0.2, 0.25) is 18.6 Å². The average Bonchev–Trinajstić information content (AvgIpc) is 3.33. The van der Waals surface area contributed by atoms with Gasteiger partial charge in [0.15, 0.2) is 5.60 Å². The van der Waals surface area contributed by atoms with Crippen LogP contribution in [-0.2, 0) is 24.7 Å². The van der Waals surface area contributed by atoms with E-state index in [9.17, 15) is 19.5 Å². The third-order valence-electron chi connectivity index (χ3n) is 8.05. The van der Waals surface area contributed by atoms with E-state index < -0.39 is 31.6 Å². The first kappa shape index (κ1) is 29.7. The van der Waals surface area contributed by atoms with Crippen molar-refractivity contribution in [2.45, 2.75) is 62.9 Å². The van der Waals surface area contributed by atoms with Crippen molar-refractivity contribution in [1.82, 2.24) is 0 Å². The van der Waals surface area contributed by atoms with Crippen LogP contribution in [0.15, 0.2) is 42.5 Å². The zero-order valence-corrected chi connectivity index (χ0v) is 24.4. The zero-order valence-electron chi connectivity index (χ0n) is 23.4. The highest BCUT2D eigenvalue weighted by molar-refractivity contribution is 6.72. The van der Waals surface area contributed by atoms with Crippen molar-refractivity contribution in [2.24, 2.45) is 5.92 Å². The van der Waals surface area contributed by atoms with Gasteiger partial charge in [0.25, 0.3) is 11.8 Å². The number of rotatable bonds is 10. The Kier molecular flexibility index (Phi) is 8.67. The summed E-state index contributed by atoms with van der Waals surface area (Å²) in [5.74, 6) is -1.46. The molecule has 1 saturated heterocycles. The predicted molar refractivity (Wildman–Crippen MR) is 153 cm³/mol. The topological polar surface area (TPSA) is 131 Å². The summed E-state index contributed by atoms with van der Waals surface area (Å²) in [6, 6.07) is 11.8. The van der Waals surface area contributed by atoms with E-state index in [0.717, 1.165) is 0 Å². The van der Waals surface area contributed by atoms with Crippen molar-refractivity contribution in [3.8, 4) is 0 Å². The minimum absolute atomic E-state index is 0.190. The molecular weight excluding hydrogens is 533 g/mol. The van der Waals surface area contributed by atoms with Gasteiger partial charge in [0.05, 0.1) is 18.9 Å². The lowest BCUT2D eigenvalue weighted by atomic mass is 9.82. The third kappa shape index (κ3) is 5.50. The molecular formula is C29H38FN3O6Si. The number of aliphatic hydroxyl groups is 1. The number of carbonyl (C=O) groups excluding carboxylic acids is 3. The van der Waals surface area contributed by atoms with Crippen LogP contribution < -0.4 is 16.0 Å². The summed E-state index contributed by atoms with van der Waals surface area (Å²) >= 11 is 0. The van der Waals surface area contributed by atoms with Crippen LogP contribution in [0.5, 0.6) is 0 Å². The van der Waals surface area contributed by atoms with Crippen molar-refractivity contribution in [3.63, 3.8) is 0 Å². The van der Waals surface area contributed by atoms with E-state index in [0.29, 0.717) is 47.6 Å². The molecule has 2 aromatic carbocycles. The van der Waals surface area contributed by atoms with Gasteiger partial charge >= 0.3 is 5.97 Å². The molecule has 2 heterocycles. The van der Waals surface area contributed by atoms with Gasteiger partial charge < -0.3 is 34.6 Å². The van der Waals surface area contributed by atoms with Crippen LogP contribution in [0.4, 0.5) is 21.2 Å². The fourth-order valence-electron chi connectivity index (χ4n) is 6.22. The summed E-state index contributed by atoms with van der Waals surface area (Å²) in [5, 5.41) is 12.6. The van der Waals surface area contributed by atoms with Crippen LogP contribution >= 0.6 is 0 Å². The molecule has 2 aromatic rings. The average molecular weight is 572 g/mol. The number of halogens is 1. The second kappa shape index (κ2) is 11.7. The van der Waals surface area contributed by atoms with Crippen LogP contribution in [0.3, 0.4) is 0 Å². The first-order valence-electron chi connectivity index (χ1n) is 13.6. The molecule has 1 spiro atoms. The van der Waals surface area contributed by atoms with E-state index in [-0.39, 0.29) is 37.2 Å². The lowest BCUT2D eigenvalue weighted by molar-refractivity contribution is -0.146. The Bertz CT molecular complexity index is 1270. The molecule has 9 nitrogen and oxygen atoms in total. The molecule has 0 aromatic heterocycles. The van der Waals surface area contributed by atoms with Crippen LogP contribution in [-0.4, -0.2) is 57.7 Å². The zero-order chi connectivity index (χ0) is 29.2. The van der Waals surface area contributed by atoms with E-state index in [1.54, 1.807) is 60.5 Å². The standard InChI is InChI=1S/C29H38FN3O6Si/c1-18-26(40(3,4)30)24(14-16-34)39-29(18)22-17-21(32-27(36)19-8-10-20(31)11-9-19)12-13-23(22)33(28(29)37)15-6-5-7-25(35)38-2/h8-13,17-18,24,26,34H,5-7,14-16,31H2,1-4H3,(H,32,36)/t18-,24+,26-,29+/m1/s1. The van der Waals surface area contributed by atoms with Crippen molar-refractivity contribution < 1.29 is 33.1 Å². The SMILES string of the molecule is COC(=O)CCCCN1C(=O)[C@@]2(O[C@@H](CCO)[C@H]([Si](C)(C)F)[C@H]2C)c2cc(NC(=O)c3ccc(N)cc3)ccc21. The highest BCUT2D eigenvalue weighted by Gasteiger charge is 2.66. The predicted octanol–water partition coefficient (Wildman–Crippen LogP) is 4.37. The fourth-order valence-corrected chi connectivity index (χ4v) is 8.77. The summed E-state index contributed by atoms with van der Waals surface area (Å²) < 4.78 is 27.0. The maximum atomic E-state index is 15.7. The Morgan fingerprint density at radius 3 is 2.52 bits per heavy atom. The molecule has 0 unspecified atom stereocenters. The third-order valence-corrected chi connectivity index (χ3v) is 10.5. The molecule has 4 atom stereocenters.